The van der Waals surface area contributed by atoms with Crippen LogP contribution in [-0.4, -0.2) is 60.0 Å². The molecule has 1 atom stereocenters. The average molecular weight is 480 g/mol. The molecule has 1 saturated heterocycles. The number of nitrogens with two attached hydrogens (primary N) is 1. The predicted octanol–water partition coefficient (Wildman–Crippen LogP) is 1.58. The molecule has 0 aromatic carbocycles. The van der Waals surface area contributed by atoms with E-state index in [1.165, 1.54) is 11.3 Å². The van der Waals surface area contributed by atoms with Crippen molar-refractivity contribution in [3.05, 3.63) is 33.0 Å². The van der Waals surface area contributed by atoms with Crippen molar-refractivity contribution < 1.29 is 18.0 Å². The van der Waals surface area contributed by atoms with E-state index in [4.69, 9.17) is 5.73 Å². The first-order valence-electron chi connectivity index (χ1n) is 10.7. The van der Waals surface area contributed by atoms with Crippen LogP contribution in [0.3, 0.4) is 0 Å². The number of likely N-dealkylation sites (N-methyl/N-ethyl adjacent to an activating group) is 1. The predicted molar refractivity (Wildman–Crippen MR) is 124 cm³/mol. The van der Waals surface area contributed by atoms with Gasteiger partial charge in [0.1, 0.15) is 5.00 Å². The largest absolute Gasteiger partial charge is 0.365 e. The molecule has 0 bridgehead atoms. The minimum absolute atomic E-state index is 0.125. The summed E-state index contributed by atoms with van der Waals surface area (Å²) >= 11 is 1.44. The Morgan fingerprint density at radius 3 is 2.72 bits per heavy atom. The minimum Gasteiger partial charge on any atom is -0.365 e. The number of primary amides is 1. The third-order valence-electron chi connectivity index (χ3n) is 6.29. The first-order valence-corrected chi connectivity index (χ1v) is 13.4. The molecular weight excluding hydrogens is 450 g/mol. The number of aromatic nitrogens is 2. The fourth-order valence-corrected chi connectivity index (χ4v) is 7.74. The van der Waals surface area contributed by atoms with Crippen LogP contribution in [0.5, 0.6) is 0 Å². The SMILES string of the molecule is Cc1nn(C2CCS(=O)(=O)C2)c(C)c1CN(C)CC(=O)Nc1sc2c(c1C(N)=O)CCC2. The Kier molecular flexibility index (Phi) is 6.17. The van der Waals surface area contributed by atoms with Gasteiger partial charge in [0.05, 0.1) is 35.3 Å². The van der Waals surface area contributed by atoms with E-state index >= 15 is 0 Å². The van der Waals surface area contributed by atoms with E-state index in [-0.39, 0.29) is 30.0 Å². The summed E-state index contributed by atoms with van der Waals surface area (Å²) in [7, 11) is -1.15. The molecule has 11 heteroatoms. The highest BCUT2D eigenvalue weighted by molar-refractivity contribution is 7.91. The lowest BCUT2D eigenvalue weighted by molar-refractivity contribution is -0.117. The molecule has 2 aliphatic rings. The van der Waals surface area contributed by atoms with Gasteiger partial charge in [0.2, 0.25) is 5.91 Å². The second-order valence-electron chi connectivity index (χ2n) is 8.80. The van der Waals surface area contributed by atoms with Crippen molar-refractivity contribution in [2.75, 3.05) is 30.4 Å². The highest BCUT2D eigenvalue weighted by Gasteiger charge is 2.32. The van der Waals surface area contributed by atoms with Gasteiger partial charge < -0.3 is 11.1 Å². The van der Waals surface area contributed by atoms with Gasteiger partial charge in [-0.25, -0.2) is 8.42 Å². The van der Waals surface area contributed by atoms with Gasteiger partial charge in [0.25, 0.3) is 5.91 Å². The number of nitrogens with zero attached hydrogens (tertiary/aromatic N) is 3. The monoisotopic (exact) mass is 479 g/mol. The molecule has 0 saturated carbocycles. The molecular formula is C21H29N5O4S2. The normalized spacial score (nSPS) is 19.4. The van der Waals surface area contributed by atoms with Gasteiger partial charge in [-0.3, -0.25) is 19.2 Å². The molecule has 174 valence electrons. The summed E-state index contributed by atoms with van der Waals surface area (Å²) in [5.41, 5.74) is 9.78. The van der Waals surface area contributed by atoms with Gasteiger partial charge in [0.15, 0.2) is 9.84 Å². The molecule has 0 radical (unpaired) electrons. The van der Waals surface area contributed by atoms with Crippen molar-refractivity contribution >= 4 is 38.0 Å². The van der Waals surface area contributed by atoms with Gasteiger partial charge in [-0.2, -0.15) is 5.10 Å². The van der Waals surface area contributed by atoms with E-state index in [2.05, 4.69) is 10.4 Å². The molecule has 1 aliphatic carbocycles. The van der Waals surface area contributed by atoms with Crippen molar-refractivity contribution in [1.29, 1.82) is 0 Å². The number of hydrogen-bond acceptors (Lipinski definition) is 7. The molecule has 2 aromatic heterocycles. The third kappa shape index (κ3) is 4.46. The van der Waals surface area contributed by atoms with Crippen LogP contribution in [0, 0.1) is 13.8 Å². The van der Waals surface area contributed by atoms with Crippen LogP contribution in [0.1, 0.15) is 56.6 Å². The molecule has 1 aliphatic heterocycles. The summed E-state index contributed by atoms with van der Waals surface area (Å²) in [5.74, 6) is -0.384. The summed E-state index contributed by atoms with van der Waals surface area (Å²) in [6.45, 7) is 4.50. The Morgan fingerprint density at radius 2 is 2.06 bits per heavy atom. The molecule has 2 aromatic rings. The molecule has 2 amide bonds. The van der Waals surface area contributed by atoms with Gasteiger partial charge in [0, 0.05) is 22.7 Å². The number of anilines is 1. The highest BCUT2D eigenvalue weighted by Crippen LogP contribution is 2.38. The number of amides is 2. The van der Waals surface area contributed by atoms with Crippen LogP contribution >= 0.6 is 11.3 Å². The molecule has 4 rings (SSSR count). The standard InChI is InChI=1S/C21H29N5O4S2/c1-12-16(13(2)26(24-12)14-7-8-32(29,30)11-14)9-25(3)10-18(27)23-21-19(20(22)28)15-5-4-6-17(15)31-21/h14H,4-11H2,1-3H3,(H2,22,28)(H,23,27). The molecule has 1 unspecified atom stereocenters. The lowest BCUT2D eigenvalue weighted by Crippen LogP contribution is -2.30. The number of rotatable bonds is 7. The quantitative estimate of drug-likeness (QED) is 0.621. The highest BCUT2D eigenvalue weighted by atomic mass is 32.2. The van der Waals surface area contributed by atoms with E-state index in [0.717, 1.165) is 46.7 Å². The summed E-state index contributed by atoms with van der Waals surface area (Å²) in [5, 5.41) is 8.01. The van der Waals surface area contributed by atoms with Crippen LogP contribution in [0.25, 0.3) is 0 Å². The molecule has 1 fully saturated rings. The lowest BCUT2D eigenvalue weighted by Gasteiger charge is -2.17. The Balaban J connectivity index is 1.42. The van der Waals surface area contributed by atoms with Crippen LogP contribution < -0.4 is 11.1 Å². The van der Waals surface area contributed by atoms with Crippen LogP contribution in [0.4, 0.5) is 5.00 Å². The Bertz CT molecular complexity index is 1180. The van der Waals surface area contributed by atoms with Crippen LogP contribution in [0.2, 0.25) is 0 Å². The zero-order valence-corrected chi connectivity index (χ0v) is 20.2. The fraction of sp³-hybridized carbons (Fsp3) is 0.571. The Hall–Kier alpha value is -2.24. The second-order valence-corrected chi connectivity index (χ2v) is 12.1. The average Bonchev–Trinajstić information content (AvgIpc) is 3.41. The maximum absolute atomic E-state index is 12.7. The van der Waals surface area contributed by atoms with Crippen molar-refractivity contribution in [3.63, 3.8) is 0 Å². The van der Waals surface area contributed by atoms with E-state index in [0.29, 0.717) is 23.5 Å². The summed E-state index contributed by atoms with van der Waals surface area (Å²) < 4.78 is 25.5. The number of aryl methyl sites for hydroxylation is 2. The molecule has 9 nitrogen and oxygen atoms in total. The number of nitrogens with one attached hydrogen (secondary N) is 1. The number of carbonyl (C=O) groups excluding carboxylic acids is 2. The minimum atomic E-state index is -3.00. The summed E-state index contributed by atoms with van der Waals surface area (Å²) in [6, 6.07) is -0.131. The summed E-state index contributed by atoms with van der Waals surface area (Å²) in [6.07, 6.45) is 3.33. The smallest absolute Gasteiger partial charge is 0.251 e. The second kappa shape index (κ2) is 8.60. The van der Waals surface area contributed by atoms with Crippen LogP contribution in [-0.2, 0) is 34.0 Å². The first-order chi connectivity index (χ1) is 15.1. The first kappa shape index (κ1) is 22.9. The Morgan fingerprint density at radius 1 is 1.31 bits per heavy atom. The third-order valence-corrected chi connectivity index (χ3v) is 9.25. The number of sulfone groups is 1. The van der Waals surface area contributed by atoms with Crippen molar-refractivity contribution in [2.45, 2.75) is 52.1 Å². The molecule has 3 heterocycles. The zero-order chi connectivity index (χ0) is 23.2. The van der Waals surface area contributed by atoms with Gasteiger partial charge >= 0.3 is 0 Å². The van der Waals surface area contributed by atoms with Gasteiger partial charge in [-0.1, -0.05) is 0 Å². The maximum Gasteiger partial charge on any atom is 0.251 e. The number of carbonyl (C=O) groups is 2. The number of thiophene rings is 1. The van der Waals surface area contributed by atoms with E-state index in [1.807, 2.05) is 30.5 Å². The number of fused-ring (bicyclic) bond motifs is 1. The van der Waals surface area contributed by atoms with Gasteiger partial charge in [-0.05, 0) is 52.1 Å². The van der Waals surface area contributed by atoms with E-state index in [1.54, 1.807) is 0 Å². The zero-order valence-electron chi connectivity index (χ0n) is 18.6. The number of hydrogen-bond donors (Lipinski definition) is 2. The Labute approximate surface area is 191 Å². The van der Waals surface area contributed by atoms with Crippen molar-refractivity contribution in [3.8, 4) is 0 Å². The molecule has 32 heavy (non-hydrogen) atoms. The fourth-order valence-electron chi connectivity index (χ4n) is 4.74. The maximum atomic E-state index is 12.7. The topological polar surface area (TPSA) is 127 Å². The van der Waals surface area contributed by atoms with Crippen molar-refractivity contribution in [1.82, 2.24) is 14.7 Å². The van der Waals surface area contributed by atoms with E-state index in [9.17, 15) is 18.0 Å². The van der Waals surface area contributed by atoms with Crippen molar-refractivity contribution in [2.24, 2.45) is 5.73 Å². The molecule has 3 N–H and O–H groups in total. The summed E-state index contributed by atoms with van der Waals surface area (Å²) in [4.78, 5) is 27.6. The lowest BCUT2D eigenvalue weighted by atomic mass is 10.1. The van der Waals surface area contributed by atoms with E-state index < -0.39 is 15.7 Å². The molecule has 0 spiro atoms. The van der Waals surface area contributed by atoms with Crippen LogP contribution in [0.15, 0.2) is 0 Å². The van der Waals surface area contributed by atoms with Gasteiger partial charge in [-0.15, -0.1) is 11.3 Å².